The van der Waals surface area contributed by atoms with Gasteiger partial charge in [0.15, 0.2) is 4.33 Å². The third kappa shape index (κ3) is 1.53. The van der Waals surface area contributed by atoms with Crippen LogP contribution in [0.1, 0.15) is 0 Å². The Morgan fingerprint density at radius 3 is 1.82 bits per heavy atom. The quantitative estimate of drug-likeness (QED) is 0.394. The van der Waals surface area contributed by atoms with E-state index in [1.807, 2.05) is 0 Å². The van der Waals surface area contributed by atoms with E-state index < -0.39 is 37.7 Å². The molecule has 0 aromatic heterocycles. The van der Waals surface area contributed by atoms with E-state index in [9.17, 15) is 9.59 Å². The van der Waals surface area contributed by atoms with Gasteiger partial charge in [-0.15, -0.1) is 29.8 Å². The van der Waals surface area contributed by atoms with E-state index in [1.54, 1.807) is 0 Å². The predicted molar refractivity (Wildman–Crippen MR) is 85.3 cm³/mol. The van der Waals surface area contributed by atoms with Crippen molar-refractivity contribution in [2.75, 3.05) is 6.61 Å². The van der Waals surface area contributed by atoms with Crippen LogP contribution >= 0.6 is 69.6 Å². The first-order chi connectivity index (χ1) is 10.1. The van der Waals surface area contributed by atoms with Gasteiger partial charge in [-0.05, 0) is 0 Å². The third-order valence-corrected chi connectivity index (χ3v) is 8.45. The molecular formula is C12H7Cl6NO3. The van der Waals surface area contributed by atoms with Crippen LogP contribution in [0.15, 0.2) is 22.7 Å². The summed E-state index contributed by atoms with van der Waals surface area (Å²) in [6, 6.07) is 0. The zero-order valence-electron chi connectivity index (χ0n) is 10.6. The number of hydrogen-bond acceptors (Lipinski definition) is 3. The monoisotopic (exact) mass is 423 g/mol. The normalized spacial score (nSPS) is 42.4. The Labute approximate surface area is 155 Å². The smallest absolute Gasteiger partial charge is 0.259 e. The van der Waals surface area contributed by atoms with Crippen molar-refractivity contribution in [2.24, 2.45) is 11.8 Å². The van der Waals surface area contributed by atoms with Crippen LogP contribution in [0.25, 0.3) is 0 Å². The number of amides is 2. The number of hydroxylamine groups is 2. The number of allylic oxidation sites excluding steroid dienone is 2. The molecule has 1 saturated carbocycles. The predicted octanol–water partition coefficient (Wildman–Crippen LogP) is 3.55. The molecule has 22 heavy (non-hydrogen) atoms. The summed E-state index contributed by atoms with van der Waals surface area (Å²) in [5.41, 5.74) is 0. The highest BCUT2D eigenvalue weighted by Gasteiger charge is 2.87. The Kier molecular flexibility index (Phi) is 3.83. The van der Waals surface area contributed by atoms with Crippen LogP contribution in [0.4, 0.5) is 0 Å². The molecule has 1 heterocycles. The molecule has 3 aliphatic rings. The van der Waals surface area contributed by atoms with E-state index in [-0.39, 0.29) is 16.7 Å². The second-order valence-electron chi connectivity index (χ2n) is 5.14. The van der Waals surface area contributed by atoms with Crippen LogP contribution in [-0.2, 0) is 14.4 Å². The zero-order valence-corrected chi connectivity index (χ0v) is 15.1. The number of carbonyl (C=O) groups excluding carboxylic acids is 2. The number of hydrogen-bond donors (Lipinski definition) is 0. The summed E-state index contributed by atoms with van der Waals surface area (Å²) in [6.45, 7) is 3.39. The first kappa shape index (κ1) is 17.2. The van der Waals surface area contributed by atoms with Crippen molar-refractivity contribution >= 4 is 81.4 Å². The summed E-state index contributed by atoms with van der Waals surface area (Å²) in [7, 11) is 0. The molecule has 0 spiro atoms. The van der Waals surface area contributed by atoms with Gasteiger partial charge >= 0.3 is 0 Å². The Morgan fingerprint density at radius 2 is 1.45 bits per heavy atom. The molecule has 3 rings (SSSR count). The van der Waals surface area contributed by atoms with E-state index in [0.717, 1.165) is 0 Å². The zero-order chi connectivity index (χ0) is 16.7. The number of alkyl halides is 4. The van der Waals surface area contributed by atoms with Gasteiger partial charge in [0.05, 0.1) is 28.5 Å². The summed E-state index contributed by atoms with van der Waals surface area (Å²) in [5, 5.41) is 0.320. The second kappa shape index (κ2) is 4.92. The Bertz CT molecular complexity index is 603. The first-order valence-electron chi connectivity index (χ1n) is 6.02. The molecule has 2 amide bonds. The molecule has 0 aromatic carbocycles. The van der Waals surface area contributed by atoms with Gasteiger partial charge in [-0.1, -0.05) is 52.5 Å². The van der Waals surface area contributed by atoms with Gasteiger partial charge in [-0.3, -0.25) is 14.4 Å². The third-order valence-electron chi connectivity index (χ3n) is 4.19. The highest BCUT2D eigenvalue weighted by Crippen LogP contribution is 2.77. The Morgan fingerprint density at radius 1 is 1.05 bits per heavy atom. The summed E-state index contributed by atoms with van der Waals surface area (Å²) >= 11 is 37.8. The van der Waals surface area contributed by atoms with Crippen LogP contribution in [0.3, 0.4) is 0 Å². The number of fused-ring (bicyclic) bond motifs is 5. The van der Waals surface area contributed by atoms with Gasteiger partial charge in [0, 0.05) is 0 Å². The molecule has 0 radical (unpaired) electrons. The standard InChI is InChI=1S/C12H7Cl6NO3/c1-2-3-22-19-8(20)4-5(9(19)21)11(16)7(14)6(13)10(4,15)12(11,17)18/h2,4-5H,1,3H2. The minimum Gasteiger partial charge on any atom is -0.272 e. The van der Waals surface area contributed by atoms with E-state index >= 15 is 0 Å². The van der Waals surface area contributed by atoms with E-state index in [0.29, 0.717) is 5.06 Å². The van der Waals surface area contributed by atoms with Crippen molar-refractivity contribution < 1.29 is 14.4 Å². The molecular weight excluding hydrogens is 419 g/mol. The lowest BCUT2D eigenvalue weighted by molar-refractivity contribution is -0.186. The number of rotatable bonds is 3. The summed E-state index contributed by atoms with van der Waals surface area (Å²) in [6.07, 6.45) is 1.38. The van der Waals surface area contributed by atoms with Crippen molar-refractivity contribution in [3.8, 4) is 0 Å². The van der Waals surface area contributed by atoms with Crippen molar-refractivity contribution in [2.45, 2.75) is 14.1 Å². The SMILES string of the molecule is C=CCON1C(=O)C2C(C1=O)C1(Cl)C(Cl)=C(Cl)C2(Cl)C1(Cl)Cl. The topological polar surface area (TPSA) is 46.6 Å². The van der Waals surface area contributed by atoms with Crippen LogP contribution in [-0.4, -0.2) is 37.6 Å². The average molecular weight is 426 g/mol. The average Bonchev–Trinajstić information content (AvgIpc) is 2.83. The molecule has 0 aromatic rings. The van der Waals surface area contributed by atoms with Crippen molar-refractivity contribution in [1.82, 2.24) is 5.06 Å². The van der Waals surface area contributed by atoms with Crippen molar-refractivity contribution in [3.05, 3.63) is 22.7 Å². The molecule has 1 saturated heterocycles. The molecule has 2 aliphatic carbocycles. The maximum atomic E-state index is 12.5. The number of imide groups is 1. The fourth-order valence-electron chi connectivity index (χ4n) is 3.22. The van der Waals surface area contributed by atoms with Crippen LogP contribution < -0.4 is 0 Å². The highest BCUT2D eigenvalue weighted by molar-refractivity contribution is 6.66. The van der Waals surface area contributed by atoms with Gasteiger partial charge in [0.2, 0.25) is 0 Å². The van der Waals surface area contributed by atoms with Crippen LogP contribution in [0.2, 0.25) is 0 Å². The van der Waals surface area contributed by atoms with Crippen LogP contribution in [0.5, 0.6) is 0 Å². The molecule has 4 atom stereocenters. The number of nitrogens with zero attached hydrogens (tertiary/aromatic N) is 1. The second-order valence-corrected chi connectivity index (χ2v) is 8.41. The molecule has 2 bridgehead atoms. The van der Waals surface area contributed by atoms with Gasteiger partial charge in [-0.25, -0.2) is 0 Å². The molecule has 2 fully saturated rings. The number of carbonyl (C=O) groups is 2. The maximum absolute atomic E-state index is 12.5. The lowest BCUT2D eigenvalue weighted by atomic mass is 9.84. The van der Waals surface area contributed by atoms with Crippen LogP contribution in [0, 0.1) is 11.8 Å². The largest absolute Gasteiger partial charge is 0.272 e. The first-order valence-corrected chi connectivity index (χ1v) is 8.28. The molecule has 120 valence electrons. The van der Waals surface area contributed by atoms with Gasteiger partial charge < -0.3 is 0 Å². The van der Waals surface area contributed by atoms with E-state index in [1.165, 1.54) is 6.08 Å². The number of halogens is 6. The van der Waals surface area contributed by atoms with E-state index in [4.69, 9.17) is 74.4 Å². The molecule has 4 nitrogen and oxygen atoms in total. The van der Waals surface area contributed by atoms with Crippen molar-refractivity contribution in [3.63, 3.8) is 0 Å². The fraction of sp³-hybridized carbons (Fsp3) is 0.500. The van der Waals surface area contributed by atoms with Gasteiger partial charge in [0.25, 0.3) is 11.8 Å². The fourth-order valence-corrected chi connectivity index (χ4v) is 6.15. The van der Waals surface area contributed by atoms with Gasteiger partial charge in [0.1, 0.15) is 9.75 Å². The Balaban J connectivity index is 2.17. The summed E-state index contributed by atoms with van der Waals surface area (Å²) in [5.74, 6) is -3.78. The summed E-state index contributed by atoms with van der Waals surface area (Å²) < 4.78 is -1.93. The van der Waals surface area contributed by atoms with E-state index in [2.05, 4.69) is 6.58 Å². The molecule has 4 unspecified atom stereocenters. The lowest BCUT2D eigenvalue weighted by Crippen LogP contribution is -2.50. The minimum absolute atomic E-state index is 0.0523. The molecule has 0 N–H and O–H groups in total. The summed E-state index contributed by atoms with van der Waals surface area (Å²) in [4.78, 5) is 26.5. The Hall–Kier alpha value is 0.320. The molecule has 1 aliphatic heterocycles. The minimum atomic E-state index is -1.93. The molecule has 10 heteroatoms. The van der Waals surface area contributed by atoms with Gasteiger partial charge in [-0.2, -0.15) is 5.06 Å². The lowest BCUT2D eigenvalue weighted by Gasteiger charge is -2.34. The highest BCUT2D eigenvalue weighted by atomic mass is 35.5. The maximum Gasteiger partial charge on any atom is 0.259 e. The van der Waals surface area contributed by atoms with Crippen molar-refractivity contribution in [1.29, 1.82) is 0 Å².